The lowest BCUT2D eigenvalue weighted by molar-refractivity contribution is 0.566. The third-order valence-corrected chi connectivity index (χ3v) is 5.10. The molecule has 0 N–H and O–H groups in total. The van der Waals surface area contributed by atoms with Crippen molar-refractivity contribution in [1.82, 2.24) is 0 Å². The quantitative estimate of drug-likeness (QED) is 0.853. The van der Waals surface area contributed by atoms with Crippen LogP contribution in [0.25, 0.3) is 0 Å². The molecule has 19 heavy (non-hydrogen) atoms. The average molecular weight is 319 g/mol. The van der Waals surface area contributed by atoms with Crippen LogP contribution in [0.4, 0.5) is 4.39 Å². The molecule has 0 unspecified atom stereocenters. The Morgan fingerprint density at radius 2 is 1.68 bits per heavy atom. The molecule has 0 amide bonds. The fourth-order valence-corrected chi connectivity index (χ4v) is 3.56. The van der Waals surface area contributed by atoms with Gasteiger partial charge in [0.15, 0.2) is 9.84 Å². The predicted octanol–water partition coefficient (Wildman–Crippen LogP) is 4.11. The highest BCUT2D eigenvalue weighted by Gasteiger charge is 2.21. The highest BCUT2D eigenvalue weighted by atomic mass is 35.5. The van der Waals surface area contributed by atoms with Crippen LogP contribution in [-0.2, 0) is 15.6 Å². The van der Waals surface area contributed by atoms with Gasteiger partial charge in [-0.05, 0) is 23.8 Å². The number of rotatable bonds is 3. The van der Waals surface area contributed by atoms with Crippen LogP contribution in [0.5, 0.6) is 0 Å². The number of benzene rings is 2. The smallest absolute Gasteiger partial charge is 0.185 e. The zero-order chi connectivity index (χ0) is 14.0. The lowest BCUT2D eigenvalue weighted by Gasteiger charge is -2.08. The van der Waals surface area contributed by atoms with Crippen molar-refractivity contribution in [2.75, 3.05) is 0 Å². The first-order valence-corrected chi connectivity index (χ1v) is 7.73. The van der Waals surface area contributed by atoms with Crippen molar-refractivity contribution in [2.24, 2.45) is 0 Å². The zero-order valence-corrected chi connectivity index (χ0v) is 11.9. The van der Waals surface area contributed by atoms with Crippen LogP contribution in [0.15, 0.2) is 47.4 Å². The molecular weight excluding hydrogens is 310 g/mol. The minimum atomic E-state index is -3.80. The first-order valence-electron chi connectivity index (χ1n) is 5.32. The van der Waals surface area contributed by atoms with E-state index in [1.54, 1.807) is 18.2 Å². The molecule has 0 aliphatic carbocycles. The minimum Gasteiger partial charge on any atom is -0.223 e. The van der Waals surface area contributed by atoms with Gasteiger partial charge in [-0.2, -0.15) is 0 Å². The maximum atomic E-state index is 13.5. The molecular formula is C13H9Cl2FO2S. The van der Waals surface area contributed by atoms with Crippen LogP contribution < -0.4 is 0 Å². The molecule has 0 heterocycles. The van der Waals surface area contributed by atoms with Gasteiger partial charge in [0.25, 0.3) is 0 Å². The van der Waals surface area contributed by atoms with Crippen molar-refractivity contribution >= 4 is 33.0 Å². The lowest BCUT2D eigenvalue weighted by Crippen LogP contribution is -2.07. The monoisotopic (exact) mass is 318 g/mol. The van der Waals surface area contributed by atoms with E-state index in [2.05, 4.69) is 0 Å². The van der Waals surface area contributed by atoms with E-state index in [1.165, 1.54) is 18.2 Å². The number of sulfone groups is 1. The van der Waals surface area contributed by atoms with Crippen LogP contribution in [0.3, 0.4) is 0 Å². The molecule has 0 saturated carbocycles. The zero-order valence-electron chi connectivity index (χ0n) is 9.61. The molecule has 0 fully saturated rings. The van der Waals surface area contributed by atoms with E-state index in [-0.39, 0.29) is 14.9 Å². The van der Waals surface area contributed by atoms with Gasteiger partial charge < -0.3 is 0 Å². The number of hydrogen-bond acceptors (Lipinski definition) is 2. The minimum absolute atomic E-state index is 0.170. The SMILES string of the molecule is O=S(=O)(Cc1cccc(Cl)c1Cl)c1ccccc1F. The second-order valence-electron chi connectivity index (χ2n) is 3.90. The van der Waals surface area contributed by atoms with Gasteiger partial charge in [-0.1, -0.05) is 47.5 Å². The molecule has 0 aliphatic heterocycles. The molecule has 0 radical (unpaired) electrons. The first-order chi connectivity index (χ1) is 8.92. The molecule has 2 nitrogen and oxygen atoms in total. The summed E-state index contributed by atoms with van der Waals surface area (Å²) in [5, 5.41) is 0.437. The lowest BCUT2D eigenvalue weighted by atomic mass is 10.2. The summed E-state index contributed by atoms with van der Waals surface area (Å²) in [5.74, 6) is -1.17. The van der Waals surface area contributed by atoms with Gasteiger partial charge >= 0.3 is 0 Å². The fraction of sp³-hybridized carbons (Fsp3) is 0.0769. The highest BCUT2D eigenvalue weighted by Crippen LogP contribution is 2.29. The summed E-state index contributed by atoms with van der Waals surface area (Å²) in [4.78, 5) is -0.342. The summed E-state index contributed by atoms with van der Waals surface area (Å²) >= 11 is 11.8. The molecule has 2 aromatic rings. The third kappa shape index (κ3) is 3.08. The molecule has 6 heteroatoms. The van der Waals surface area contributed by atoms with E-state index in [9.17, 15) is 12.8 Å². The molecule has 0 aromatic heterocycles. The highest BCUT2D eigenvalue weighted by molar-refractivity contribution is 7.90. The maximum Gasteiger partial charge on any atom is 0.185 e. The standard InChI is InChI=1S/C13H9Cl2FO2S/c14-10-5-3-4-9(13(10)15)8-19(17,18)12-7-2-1-6-11(12)16/h1-7H,8H2. The topological polar surface area (TPSA) is 34.1 Å². The Labute approximate surface area is 120 Å². The molecule has 2 rings (SSSR count). The fourth-order valence-electron chi connectivity index (χ4n) is 1.64. The van der Waals surface area contributed by atoms with Gasteiger partial charge in [0.05, 0.1) is 15.8 Å². The van der Waals surface area contributed by atoms with Gasteiger partial charge in [-0.15, -0.1) is 0 Å². The average Bonchev–Trinajstić information content (AvgIpc) is 2.35. The van der Waals surface area contributed by atoms with E-state index in [0.29, 0.717) is 5.56 Å². The Morgan fingerprint density at radius 1 is 1.00 bits per heavy atom. The van der Waals surface area contributed by atoms with Gasteiger partial charge in [-0.3, -0.25) is 0 Å². The summed E-state index contributed by atoms with van der Waals surface area (Å²) in [6.45, 7) is 0. The van der Waals surface area contributed by atoms with Crippen molar-refractivity contribution in [3.8, 4) is 0 Å². The van der Waals surface area contributed by atoms with Crippen molar-refractivity contribution in [1.29, 1.82) is 0 Å². The number of hydrogen-bond donors (Lipinski definition) is 0. The summed E-state index contributed by atoms with van der Waals surface area (Å²) < 4.78 is 37.8. The Balaban J connectivity index is 2.43. The third-order valence-electron chi connectivity index (χ3n) is 2.55. The summed E-state index contributed by atoms with van der Waals surface area (Å²) in [6.07, 6.45) is 0. The van der Waals surface area contributed by atoms with Crippen LogP contribution in [0.1, 0.15) is 5.56 Å². The Bertz CT molecular complexity index is 714. The van der Waals surface area contributed by atoms with Crippen molar-refractivity contribution in [2.45, 2.75) is 10.6 Å². The van der Waals surface area contributed by atoms with Crippen LogP contribution in [-0.4, -0.2) is 8.42 Å². The Kier molecular flexibility index (Phi) is 4.13. The maximum absolute atomic E-state index is 13.5. The van der Waals surface area contributed by atoms with E-state index >= 15 is 0 Å². The van der Waals surface area contributed by atoms with E-state index in [0.717, 1.165) is 6.07 Å². The summed E-state index contributed by atoms with van der Waals surface area (Å²) in [5.41, 5.74) is 0.345. The second kappa shape index (κ2) is 5.49. The molecule has 2 aromatic carbocycles. The molecule has 100 valence electrons. The van der Waals surface area contributed by atoms with Gasteiger partial charge in [0, 0.05) is 0 Å². The first kappa shape index (κ1) is 14.3. The molecule has 0 saturated heterocycles. The summed E-state index contributed by atoms with van der Waals surface area (Å²) in [7, 11) is -3.80. The van der Waals surface area contributed by atoms with E-state index < -0.39 is 21.4 Å². The van der Waals surface area contributed by atoms with Crippen molar-refractivity contribution in [3.05, 3.63) is 63.9 Å². The van der Waals surface area contributed by atoms with Gasteiger partial charge in [0.2, 0.25) is 0 Å². The van der Waals surface area contributed by atoms with Crippen molar-refractivity contribution in [3.63, 3.8) is 0 Å². The molecule has 0 bridgehead atoms. The summed E-state index contributed by atoms with van der Waals surface area (Å²) in [6, 6.07) is 9.93. The predicted molar refractivity (Wildman–Crippen MR) is 73.8 cm³/mol. The van der Waals surface area contributed by atoms with Crippen LogP contribution in [0.2, 0.25) is 10.0 Å². The van der Waals surface area contributed by atoms with E-state index in [4.69, 9.17) is 23.2 Å². The normalized spacial score (nSPS) is 11.5. The second-order valence-corrected chi connectivity index (χ2v) is 6.65. The largest absolute Gasteiger partial charge is 0.223 e. The van der Waals surface area contributed by atoms with E-state index in [1.807, 2.05) is 0 Å². The molecule has 0 spiro atoms. The van der Waals surface area contributed by atoms with Crippen LogP contribution in [0, 0.1) is 5.82 Å². The molecule has 0 atom stereocenters. The van der Waals surface area contributed by atoms with Crippen LogP contribution >= 0.6 is 23.2 Å². The Morgan fingerprint density at radius 3 is 2.37 bits per heavy atom. The van der Waals surface area contributed by atoms with Gasteiger partial charge in [0.1, 0.15) is 10.7 Å². The molecule has 0 aliphatic rings. The van der Waals surface area contributed by atoms with Gasteiger partial charge in [-0.25, -0.2) is 12.8 Å². The number of halogens is 3. The van der Waals surface area contributed by atoms with Crippen molar-refractivity contribution < 1.29 is 12.8 Å². The Hall–Kier alpha value is -1.10.